The maximum atomic E-state index is 12.1. The Morgan fingerprint density at radius 3 is 2.58 bits per heavy atom. The van der Waals surface area contributed by atoms with Crippen LogP contribution in [0.5, 0.6) is 0 Å². The molecule has 0 atom stereocenters. The molecule has 31 heavy (non-hydrogen) atoms. The molecule has 158 valence electrons. The third kappa shape index (κ3) is 5.37. The summed E-state index contributed by atoms with van der Waals surface area (Å²) in [5.41, 5.74) is 2.13. The van der Waals surface area contributed by atoms with Crippen LogP contribution in [0.3, 0.4) is 0 Å². The first-order valence-electron chi connectivity index (χ1n) is 9.93. The molecule has 0 aliphatic rings. The molecule has 0 saturated heterocycles. The fourth-order valence-electron chi connectivity index (χ4n) is 2.99. The lowest BCUT2D eigenvalue weighted by atomic mass is 10.1. The third-order valence-corrected chi connectivity index (χ3v) is 5.64. The van der Waals surface area contributed by atoms with Crippen molar-refractivity contribution in [2.75, 3.05) is 12.3 Å². The van der Waals surface area contributed by atoms with Crippen molar-refractivity contribution in [2.45, 2.75) is 18.0 Å². The minimum absolute atomic E-state index is 0.0354. The number of aryl methyl sites for hydroxylation is 1. The Kier molecular flexibility index (Phi) is 6.73. The van der Waals surface area contributed by atoms with Crippen LogP contribution in [-0.4, -0.2) is 43.1 Å². The van der Waals surface area contributed by atoms with Crippen LogP contribution in [0, 0.1) is 0 Å². The van der Waals surface area contributed by atoms with Crippen LogP contribution in [0.25, 0.3) is 23.1 Å². The van der Waals surface area contributed by atoms with Crippen LogP contribution >= 0.6 is 11.8 Å². The highest BCUT2D eigenvalue weighted by molar-refractivity contribution is 7.99. The Hall–Kier alpha value is -3.46. The molecule has 2 heterocycles. The average Bonchev–Trinajstić information content (AvgIpc) is 3.43. The molecule has 1 N–H and O–H groups in total. The molecule has 4 rings (SSSR count). The van der Waals surface area contributed by atoms with Crippen LogP contribution in [-0.2, 0) is 18.3 Å². The SMILES string of the molecule is Cn1c(SCC(=O)NCCCc2ccccc2)nnc1-c1nc(-c2ccccc2)no1. The van der Waals surface area contributed by atoms with Gasteiger partial charge < -0.3 is 14.4 Å². The van der Waals surface area contributed by atoms with Crippen molar-refractivity contribution in [1.82, 2.24) is 30.2 Å². The van der Waals surface area contributed by atoms with Gasteiger partial charge in [0.25, 0.3) is 5.89 Å². The fraction of sp³-hybridized carbons (Fsp3) is 0.227. The number of hydrogen-bond donors (Lipinski definition) is 1. The quantitative estimate of drug-likeness (QED) is 0.318. The molecule has 1 amide bonds. The lowest BCUT2D eigenvalue weighted by molar-refractivity contribution is -0.118. The molecule has 0 spiro atoms. The third-order valence-electron chi connectivity index (χ3n) is 4.62. The normalized spacial score (nSPS) is 10.9. The van der Waals surface area contributed by atoms with Crippen molar-refractivity contribution in [3.8, 4) is 23.1 Å². The van der Waals surface area contributed by atoms with E-state index < -0.39 is 0 Å². The Morgan fingerprint density at radius 2 is 1.81 bits per heavy atom. The Labute approximate surface area is 184 Å². The van der Waals surface area contributed by atoms with E-state index in [1.807, 2.05) is 55.6 Å². The highest BCUT2D eigenvalue weighted by Gasteiger charge is 2.18. The second-order valence-electron chi connectivity index (χ2n) is 6.88. The predicted molar refractivity (Wildman–Crippen MR) is 118 cm³/mol. The molecule has 8 nitrogen and oxygen atoms in total. The van der Waals surface area contributed by atoms with E-state index in [2.05, 4.69) is 37.8 Å². The van der Waals surface area contributed by atoms with Gasteiger partial charge >= 0.3 is 0 Å². The first-order chi connectivity index (χ1) is 15.2. The highest BCUT2D eigenvalue weighted by Crippen LogP contribution is 2.23. The summed E-state index contributed by atoms with van der Waals surface area (Å²) in [6, 6.07) is 19.8. The van der Waals surface area contributed by atoms with E-state index in [1.54, 1.807) is 4.57 Å². The van der Waals surface area contributed by atoms with E-state index in [4.69, 9.17) is 4.52 Å². The van der Waals surface area contributed by atoms with Gasteiger partial charge in [0, 0.05) is 19.2 Å². The molecular formula is C22H22N6O2S. The largest absolute Gasteiger partial charge is 0.355 e. The molecule has 2 aromatic carbocycles. The fourth-order valence-corrected chi connectivity index (χ4v) is 3.73. The van der Waals surface area contributed by atoms with Gasteiger partial charge in [-0.25, -0.2) is 0 Å². The van der Waals surface area contributed by atoms with Crippen molar-refractivity contribution >= 4 is 17.7 Å². The summed E-state index contributed by atoms with van der Waals surface area (Å²) < 4.78 is 7.10. The molecule has 9 heteroatoms. The van der Waals surface area contributed by atoms with Crippen molar-refractivity contribution in [2.24, 2.45) is 7.05 Å². The van der Waals surface area contributed by atoms with Crippen LogP contribution < -0.4 is 5.32 Å². The molecule has 2 aromatic heterocycles. The number of carbonyl (C=O) groups excluding carboxylic acids is 1. The van der Waals surface area contributed by atoms with Crippen LogP contribution in [0.1, 0.15) is 12.0 Å². The maximum absolute atomic E-state index is 12.1. The molecule has 0 aliphatic heterocycles. The van der Waals surface area contributed by atoms with E-state index in [9.17, 15) is 4.79 Å². The molecule has 0 bridgehead atoms. The van der Waals surface area contributed by atoms with Gasteiger partial charge in [-0.3, -0.25) is 4.79 Å². The topological polar surface area (TPSA) is 98.7 Å². The summed E-state index contributed by atoms with van der Waals surface area (Å²) in [5.74, 6) is 1.46. The minimum atomic E-state index is -0.0354. The summed E-state index contributed by atoms with van der Waals surface area (Å²) in [6.45, 7) is 0.641. The van der Waals surface area contributed by atoms with Gasteiger partial charge in [-0.2, -0.15) is 4.98 Å². The zero-order valence-corrected chi connectivity index (χ0v) is 17.9. The maximum Gasteiger partial charge on any atom is 0.296 e. The molecular weight excluding hydrogens is 412 g/mol. The van der Waals surface area contributed by atoms with Crippen molar-refractivity contribution < 1.29 is 9.32 Å². The van der Waals surface area contributed by atoms with Crippen molar-refractivity contribution in [3.05, 3.63) is 66.2 Å². The number of nitrogens with one attached hydrogen (secondary N) is 1. The Morgan fingerprint density at radius 1 is 1.06 bits per heavy atom. The molecule has 0 saturated carbocycles. The molecule has 0 radical (unpaired) electrons. The number of benzene rings is 2. The molecule has 4 aromatic rings. The second-order valence-corrected chi connectivity index (χ2v) is 7.82. The van der Waals surface area contributed by atoms with E-state index in [1.165, 1.54) is 17.3 Å². The monoisotopic (exact) mass is 434 g/mol. The van der Waals surface area contributed by atoms with E-state index >= 15 is 0 Å². The number of nitrogens with zero attached hydrogens (tertiary/aromatic N) is 5. The number of thioether (sulfide) groups is 1. The van der Waals surface area contributed by atoms with Crippen LogP contribution in [0.15, 0.2) is 70.3 Å². The number of aromatic nitrogens is 5. The minimum Gasteiger partial charge on any atom is -0.355 e. The molecule has 0 fully saturated rings. The zero-order valence-electron chi connectivity index (χ0n) is 17.1. The summed E-state index contributed by atoms with van der Waals surface area (Å²) in [6.07, 6.45) is 1.84. The van der Waals surface area contributed by atoms with Gasteiger partial charge in [-0.05, 0) is 18.4 Å². The number of rotatable bonds is 9. The molecule has 0 unspecified atom stereocenters. The number of amides is 1. The first-order valence-corrected chi connectivity index (χ1v) is 10.9. The van der Waals surface area contributed by atoms with Crippen LogP contribution in [0.4, 0.5) is 0 Å². The van der Waals surface area contributed by atoms with Gasteiger partial charge in [0.05, 0.1) is 5.75 Å². The zero-order chi connectivity index (χ0) is 21.5. The lowest BCUT2D eigenvalue weighted by Crippen LogP contribution is -2.26. The summed E-state index contributed by atoms with van der Waals surface area (Å²) >= 11 is 1.32. The Balaban J connectivity index is 1.28. The van der Waals surface area contributed by atoms with Crippen molar-refractivity contribution in [1.29, 1.82) is 0 Å². The smallest absolute Gasteiger partial charge is 0.296 e. The number of hydrogen-bond acceptors (Lipinski definition) is 7. The van der Waals surface area contributed by atoms with Gasteiger partial charge in [0.15, 0.2) is 5.16 Å². The lowest BCUT2D eigenvalue weighted by Gasteiger charge is -2.05. The number of carbonyl (C=O) groups is 1. The second kappa shape index (κ2) is 10.0. The highest BCUT2D eigenvalue weighted by atomic mass is 32.2. The van der Waals surface area contributed by atoms with E-state index in [0.717, 1.165) is 18.4 Å². The Bertz CT molecular complexity index is 1130. The summed E-state index contributed by atoms with van der Waals surface area (Å²) in [5, 5.41) is 15.9. The van der Waals surface area contributed by atoms with Gasteiger partial charge in [0.1, 0.15) is 0 Å². The van der Waals surface area contributed by atoms with Gasteiger partial charge in [0.2, 0.25) is 17.6 Å². The summed E-state index contributed by atoms with van der Waals surface area (Å²) in [7, 11) is 1.81. The van der Waals surface area contributed by atoms with E-state index in [-0.39, 0.29) is 17.6 Å². The van der Waals surface area contributed by atoms with Gasteiger partial charge in [-0.15, -0.1) is 10.2 Å². The summed E-state index contributed by atoms with van der Waals surface area (Å²) in [4.78, 5) is 16.6. The van der Waals surface area contributed by atoms with Crippen molar-refractivity contribution in [3.63, 3.8) is 0 Å². The standard InChI is InChI=1S/C22H22N6O2S/c1-28-20(21-24-19(27-30-21)17-12-6-3-7-13-17)25-26-22(28)31-15-18(29)23-14-8-11-16-9-4-2-5-10-16/h2-7,9-10,12-13H,8,11,14-15H2,1H3,(H,23,29). The predicted octanol–water partition coefficient (Wildman–Crippen LogP) is 3.37. The van der Waals surface area contributed by atoms with Gasteiger partial charge in [-0.1, -0.05) is 77.6 Å². The average molecular weight is 435 g/mol. The van der Waals surface area contributed by atoms with Crippen LogP contribution in [0.2, 0.25) is 0 Å². The van der Waals surface area contributed by atoms with E-state index in [0.29, 0.717) is 23.4 Å². The first kappa shape index (κ1) is 20.8. The molecule has 0 aliphatic carbocycles.